The first-order valence-corrected chi connectivity index (χ1v) is 8.69. The van der Waals surface area contributed by atoms with Crippen LogP contribution in [0.4, 0.5) is 5.82 Å². The fourth-order valence-corrected chi connectivity index (χ4v) is 3.36. The van der Waals surface area contributed by atoms with Crippen LogP contribution in [0.3, 0.4) is 0 Å². The number of nitrogen functional groups attached to an aromatic ring is 1. The smallest absolute Gasteiger partial charge is 0.251 e. The summed E-state index contributed by atoms with van der Waals surface area (Å²) in [6.07, 6.45) is 1.83. The summed E-state index contributed by atoms with van der Waals surface area (Å²) in [6, 6.07) is 3.48. The SMILES string of the molecule is CCCc1cc(C(=O)NCCN2CCSCC2)cc(N)n1. The van der Waals surface area contributed by atoms with E-state index in [2.05, 4.69) is 22.1 Å². The molecule has 2 heterocycles. The molecule has 1 aromatic heterocycles. The van der Waals surface area contributed by atoms with E-state index in [-0.39, 0.29) is 5.91 Å². The molecule has 0 atom stereocenters. The number of hydrogen-bond donors (Lipinski definition) is 2. The number of aryl methyl sites for hydroxylation is 1. The Balaban J connectivity index is 1.84. The van der Waals surface area contributed by atoms with Crippen molar-refractivity contribution in [2.45, 2.75) is 19.8 Å². The number of rotatable bonds is 6. The van der Waals surface area contributed by atoms with Gasteiger partial charge in [-0.1, -0.05) is 13.3 Å². The van der Waals surface area contributed by atoms with Crippen molar-refractivity contribution >= 4 is 23.5 Å². The zero-order chi connectivity index (χ0) is 15.1. The van der Waals surface area contributed by atoms with E-state index in [4.69, 9.17) is 5.73 Å². The van der Waals surface area contributed by atoms with Crippen LogP contribution in [-0.4, -0.2) is 53.5 Å². The minimum atomic E-state index is -0.0622. The number of carbonyl (C=O) groups excluding carboxylic acids is 1. The lowest BCUT2D eigenvalue weighted by atomic mass is 10.1. The maximum Gasteiger partial charge on any atom is 0.251 e. The van der Waals surface area contributed by atoms with Gasteiger partial charge in [-0.05, 0) is 18.6 Å². The fourth-order valence-electron chi connectivity index (χ4n) is 2.38. The van der Waals surface area contributed by atoms with Crippen molar-refractivity contribution in [3.8, 4) is 0 Å². The van der Waals surface area contributed by atoms with E-state index >= 15 is 0 Å². The number of nitrogens with two attached hydrogens (primary N) is 1. The summed E-state index contributed by atoms with van der Waals surface area (Å²) in [4.78, 5) is 18.8. The van der Waals surface area contributed by atoms with E-state index in [0.29, 0.717) is 17.9 Å². The van der Waals surface area contributed by atoms with Gasteiger partial charge in [0.05, 0.1) is 0 Å². The average Bonchev–Trinajstić information content (AvgIpc) is 2.48. The maximum absolute atomic E-state index is 12.2. The van der Waals surface area contributed by atoms with Gasteiger partial charge in [0.25, 0.3) is 5.91 Å². The Morgan fingerprint density at radius 1 is 1.43 bits per heavy atom. The molecule has 5 nitrogen and oxygen atoms in total. The molecule has 0 aromatic carbocycles. The Morgan fingerprint density at radius 2 is 2.19 bits per heavy atom. The molecule has 1 aliphatic heterocycles. The molecule has 1 saturated heterocycles. The van der Waals surface area contributed by atoms with Gasteiger partial charge in [-0.15, -0.1) is 0 Å². The second kappa shape index (κ2) is 8.24. The monoisotopic (exact) mass is 308 g/mol. The van der Waals surface area contributed by atoms with Gasteiger partial charge in [0.15, 0.2) is 0 Å². The number of nitrogens with zero attached hydrogens (tertiary/aromatic N) is 2. The lowest BCUT2D eigenvalue weighted by molar-refractivity contribution is 0.0948. The normalized spacial score (nSPS) is 15.9. The van der Waals surface area contributed by atoms with E-state index in [9.17, 15) is 4.79 Å². The number of aromatic nitrogens is 1. The van der Waals surface area contributed by atoms with Crippen LogP contribution >= 0.6 is 11.8 Å². The van der Waals surface area contributed by atoms with Crippen molar-refractivity contribution in [2.75, 3.05) is 43.4 Å². The largest absolute Gasteiger partial charge is 0.384 e. The highest BCUT2D eigenvalue weighted by molar-refractivity contribution is 7.99. The average molecular weight is 308 g/mol. The molecule has 0 radical (unpaired) electrons. The standard InChI is InChI=1S/C15H24N4OS/c1-2-3-13-10-12(11-14(16)18-13)15(20)17-4-5-19-6-8-21-9-7-19/h10-11H,2-9H2,1H3,(H2,16,18)(H,17,20). The third kappa shape index (κ3) is 5.21. The van der Waals surface area contributed by atoms with Gasteiger partial charge in [0.1, 0.15) is 5.82 Å². The van der Waals surface area contributed by atoms with Gasteiger partial charge in [0, 0.05) is 48.9 Å². The van der Waals surface area contributed by atoms with Gasteiger partial charge in [-0.3, -0.25) is 9.69 Å². The number of hydrogen-bond acceptors (Lipinski definition) is 5. The highest BCUT2D eigenvalue weighted by Crippen LogP contribution is 2.10. The Kier molecular flexibility index (Phi) is 6.32. The van der Waals surface area contributed by atoms with Crippen molar-refractivity contribution in [3.05, 3.63) is 23.4 Å². The first kappa shape index (κ1) is 16.1. The molecule has 0 saturated carbocycles. The van der Waals surface area contributed by atoms with Crippen LogP contribution in [0.5, 0.6) is 0 Å². The van der Waals surface area contributed by atoms with Crippen LogP contribution in [0.25, 0.3) is 0 Å². The van der Waals surface area contributed by atoms with E-state index in [1.807, 2.05) is 17.8 Å². The summed E-state index contributed by atoms with van der Waals surface area (Å²) in [7, 11) is 0. The predicted octanol–water partition coefficient (Wildman–Crippen LogP) is 1.39. The maximum atomic E-state index is 12.2. The number of thioether (sulfide) groups is 1. The second-order valence-electron chi connectivity index (χ2n) is 5.23. The Bertz CT molecular complexity index is 475. The fraction of sp³-hybridized carbons (Fsp3) is 0.600. The number of anilines is 1. The molecule has 1 fully saturated rings. The van der Waals surface area contributed by atoms with Crippen molar-refractivity contribution in [3.63, 3.8) is 0 Å². The topological polar surface area (TPSA) is 71.2 Å². The van der Waals surface area contributed by atoms with E-state index in [1.165, 1.54) is 11.5 Å². The minimum absolute atomic E-state index is 0.0622. The zero-order valence-corrected chi connectivity index (χ0v) is 13.4. The van der Waals surface area contributed by atoms with Crippen LogP contribution in [0.2, 0.25) is 0 Å². The van der Waals surface area contributed by atoms with E-state index < -0.39 is 0 Å². The Hall–Kier alpha value is -1.27. The summed E-state index contributed by atoms with van der Waals surface area (Å²) >= 11 is 1.99. The molecule has 116 valence electrons. The molecule has 0 aliphatic carbocycles. The molecule has 0 bridgehead atoms. The quantitative estimate of drug-likeness (QED) is 0.831. The number of carbonyl (C=O) groups is 1. The third-order valence-electron chi connectivity index (χ3n) is 3.48. The molecule has 1 aliphatic rings. The lowest BCUT2D eigenvalue weighted by Crippen LogP contribution is -2.39. The number of pyridine rings is 1. The molecular weight excluding hydrogens is 284 g/mol. The van der Waals surface area contributed by atoms with Crippen LogP contribution in [0, 0.1) is 0 Å². The third-order valence-corrected chi connectivity index (χ3v) is 4.43. The second-order valence-corrected chi connectivity index (χ2v) is 6.46. The lowest BCUT2D eigenvalue weighted by Gasteiger charge is -2.26. The van der Waals surface area contributed by atoms with Crippen molar-refractivity contribution < 1.29 is 4.79 Å². The van der Waals surface area contributed by atoms with Crippen LogP contribution in [0.15, 0.2) is 12.1 Å². The molecule has 6 heteroatoms. The first-order valence-electron chi connectivity index (χ1n) is 7.53. The molecule has 0 spiro atoms. The molecule has 3 N–H and O–H groups in total. The Morgan fingerprint density at radius 3 is 2.90 bits per heavy atom. The van der Waals surface area contributed by atoms with Gasteiger partial charge in [-0.2, -0.15) is 11.8 Å². The molecule has 21 heavy (non-hydrogen) atoms. The summed E-state index contributed by atoms with van der Waals surface area (Å²) in [6.45, 7) is 5.90. The summed E-state index contributed by atoms with van der Waals surface area (Å²) in [5, 5.41) is 2.97. The van der Waals surface area contributed by atoms with Crippen LogP contribution < -0.4 is 11.1 Å². The highest BCUT2D eigenvalue weighted by Gasteiger charge is 2.12. The molecular formula is C15H24N4OS. The van der Waals surface area contributed by atoms with Crippen molar-refractivity contribution in [1.82, 2.24) is 15.2 Å². The van der Waals surface area contributed by atoms with Gasteiger partial charge < -0.3 is 11.1 Å². The van der Waals surface area contributed by atoms with E-state index in [0.717, 1.165) is 38.2 Å². The van der Waals surface area contributed by atoms with E-state index in [1.54, 1.807) is 6.07 Å². The number of nitrogens with one attached hydrogen (secondary N) is 1. The molecule has 1 amide bonds. The summed E-state index contributed by atoms with van der Waals surface area (Å²) < 4.78 is 0. The zero-order valence-electron chi connectivity index (χ0n) is 12.6. The van der Waals surface area contributed by atoms with Gasteiger partial charge in [0.2, 0.25) is 0 Å². The summed E-state index contributed by atoms with van der Waals surface area (Å²) in [5.74, 6) is 2.73. The van der Waals surface area contributed by atoms with Gasteiger partial charge >= 0.3 is 0 Å². The molecule has 1 aromatic rings. The minimum Gasteiger partial charge on any atom is -0.384 e. The predicted molar refractivity (Wildman–Crippen MR) is 88.7 cm³/mol. The van der Waals surface area contributed by atoms with Crippen LogP contribution in [0.1, 0.15) is 29.4 Å². The van der Waals surface area contributed by atoms with Crippen molar-refractivity contribution in [2.24, 2.45) is 0 Å². The molecule has 2 rings (SSSR count). The first-order chi connectivity index (χ1) is 10.2. The number of amides is 1. The van der Waals surface area contributed by atoms with Crippen LogP contribution in [-0.2, 0) is 6.42 Å². The molecule has 0 unspecified atom stereocenters. The highest BCUT2D eigenvalue weighted by atomic mass is 32.2. The van der Waals surface area contributed by atoms with Gasteiger partial charge in [-0.25, -0.2) is 4.98 Å². The van der Waals surface area contributed by atoms with Crippen molar-refractivity contribution in [1.29, 1.82) is 0 Å². The summed E-state index contributed by atoms with van der Waals surface area (Å²) in [5.41, 5.74) is 7.27. The Labute approximate surface area is 130 Å².